The highest BCUT2D eigenvalue weighted by molar-refractivity contribution is 6.21. The second-order valence-corrected chi connectivity index (χ2v) is 6.31. The van der Waals surface area contributed by atoms with Crippen LogP contribution in [-0.2, 0) is 9.53 Å². The zero-order chi connectivity index (χ0) is 13.5. The standard InChI is InChI=1S/C14H19ClO3/c1-8(16)18-14(2,3)5-4-9-6-10-7-11(9)12(15)13(10)17/h9-13,17H,6-7H2,1-3H3. The summed E-state index contributed by atoms with van der Waals surface area (Å²) in [4.78, 5) is 10.9. The lowest BCUT2D eigenvalue weighted by Crippen LogP contribution is -2.32. The van der Waals surface area contributed by atoms with Crippen LogP contribution in [0.15, 0.2) is 0 Å². The summed E-state index contributed by atoms with van der Waals surface area (Å²) in [5.41, 5.74) is -0.756. The number of aliphatic hydroxyl groups is 1. The smallest absolute Gasteiger partial charge is 0.304 e. The van der Waals surface area contributed by atoms with Crippen LogP contribution in [0.3, 0.4) is 0 Å². The molecule has 0 heterocycles. The van der Waals surface area contributed by atoms with Crippen LogP contribution in [0.2, 0.25) is 0 Å². The van der Waals surface area contributed by atoms with Crippen molar-refractivity contribution in [2.24, 2.45) is 17.8 Å². The molecule has 0 aromatic rings. The van der Waals surface area contributed by atoms with Crippen molar-refractivity contribution in [3.05, 3.63) is 0 Å². The minimum absolute atomic E-state index is 0.181. The van der Waals surface area contributed by atoms with Crippen molar-refractivity contribution in [2.75, 3.05) is 0 Å². The summed E-state index contributed by atoms with van der Waals surface area (Å²) >= 11 is 6.19. The van der Waals surface area contributed by atoms with Gasteiger partial charge in [0, 0.05) is 12.8 Å². The number of aliphatic hydroxyl groups excluding tert-OH is 1. The first-order valence-corrected chi connectivity index (χ1v) is 6.78. The van der Waals surface area contributed by atoms with Crippen molar-refractivity contribution in [1.82, 2.24) is 0 Å². The molecule has 2 saturated carbocycles. The predicted octanol–water partition coefficient (Wildman–Crippen LogP) is 1.96. The van der Waals surface area contributed by atoms with Gasteiger partial charge in [-0.15, -0.1) is 11.6 Å². The third-order valence-corrected chi connectivity index (χ3v) is 4.41. The van der Waals surface area contributed by atoms with Gasteiger partial charge < -0.3 is 9.84 Å². The van der Waals surface area contributed by atoms with Gasteiger partial charge in [0.15, 0.2) is 5.60 Å². The Bertz CT molecular complexity index is 405. The van der Waals surface area contributed by atoms with Gasteiger partial charge in [-0.3, -0.25) is 4.79 Å². The Morgan fingerprint density at radius 2 is 2.11 bits per heavy atom. The van der Waals surface area contributed by atoms with E-state index in [1.54, 1.807) is 13.8 Å². The second-order valence-electron chi connectivity index (χ2n) is 5.81. The fourth-order valence-corrected chi connectivity index (χ4v) is 3.56. The topological polar surface area (TPSA) is 46.5 Å². The number of carbonyl (C=O) groups is 1. The minimum atomic E-state index is -0.756. The van der Waals surface area contributed by atoms with Gasteiger partial charge in [-0.05, 0) is 38.5 Å². The monoisotopic (exact) mass is 270 g/mol. The molecule has 5 atom stereocenters. The van der Waals surface area contributed by atoms with Gasteiger partial charge >= 0.3 is 5.97 Å². The largest absolute Gasteiger partial charge is 0.447 e. The number of carbonyl (C=O) groups excluding carboxylic acids is 1. The summed E-state index contributed by atoms with van der Waals surface area (Å²) in [6.07, 6.45) is 1.48. The maximum Gasteiger partial charge on any atom is 0.304 e. The Balaban J connectivity index is 2.02. The van der Waals surface area contributed by atoms with Gasteiger partial charge in [0.05, 0.1) is 11.5 Å². The molecule has 4 heteroatoms. The van der Waals surface area contributed by atoms with Gasteiger partial charge in [-0.2, -0.15) is 0 Å². The molecular weight excluding hydrogens is 252 g/mol. The molecule has 100 valence electrons. The summed E-state index contributed by atoms with van der Waals surface area (Å²) in [6, 6.07) is 0. The van der Waals surface area contributed by atoms with Gasteiger partial charge in [0.2, 0.25) is 0 Å². The van der Waals surface area contributed by atoms with Crippen molar-refractivity contribution in [3.63, 3.8) is 0 Å². The van der Waals surface area contributed by atoms with Gasteiger partial charge in [0.25, 0.3) is 0 Å². The van der Waals surface area contributed by atoms with Crippen LogP contribution in [-0.4, -0.2) is 28.2 Å². The Kier molecular flexibility index (Phi) is 3.62. The number of esters is 1. The Morgan fingerprint density at radius 1 is 1.44 bits per heavy atom. The number of hydrogen-bond acceptors (Lipinski definition) is 3. The molecule has 2 rings (SSSR count). The molecule has 5 unspecified atom stereocenters. The van der Waals surface area contributed by atoms with Crippen molar-refractivity contribution in [3.8, 4) is 11.8 Å². The highest BCUT2D eigenvalue weighted by Gasteiger charge is 2.51. The second kappa shape index (κ2) is 4.75. The van der Waals surface area contributed by atoms with Crippen molar-refractivity contribution in [1.29, 1.82) is 0 Å². The van der Waals surface area contributed by atoms with E-state index in [0.29, 0.717) is 0 Å². The van der Waals surface area contributed by atoms with Crippen LogP contribution in [0.4, 0.5) is 0 Å². The van der Waals surface area contributed by atoms with E-state index < -0.39 is 5.60 Å². The van der Waals surface area contributed by atoms with Crippen LogP contribution in [0.25, 0.3) is 0 Å². The van der Waals surface area contributed by atoms with Crippen LogP contribution >= 0.6 is 11.6 Å². The molecule has 0 aromatic carbocycles. The fourth-order valence-electron chi connectivity index (χ4n) is 3.07. The molecule has 2 fully saturated rings. The minimum Gasteiger partial charge on any atom is -0.447 e. The molecule has 0 aliphatic heterocycles. The van der Waals surface area contributed by atoms with Crippen molar-refractivity contribution in [2.45, 2.75) is 50.7 Å². The molecule has 0 amide bonds. The number of alkyl halides is 1. The highest BCUT2D eigenvalue weighted by Crippen LogP contribution is 2.50. The number of rotatable bonds is 1. The Morgan fingerprint density at radius 3 is 2.61 bits per heavy atom. The fraction of sp³-hybridized carbons (Fsp3) is 0.786. The van der Waals surface area contributed by atoms with Crippen LogP contribution in [0, 0.1) is 29.6 Å². The zero-order valence-corrected chi connectivity index (χ0v) is 11.7. The van der Waals surface area contributed by atoms with Gasteiger partial charge in [0.1, 0.15) is 0 Å². The molecule has 18 heavy (non-hydrogen) atoms. The average Bonchev–Trinajstić information content (AvgIpc) is 2.76. The molecule has 2 aliphatic rings. The van der Waals surface area contributed by atoms with Gasteiger partial charge in [-0.1, -0.05) is 11.8 Å². The summed E-state index contributed by atoms with van der Waals surface area (Å²) in [6.45, 7) is 4.94. The number of fused-ring (bicyclic) bond motifs is 2. The first-order valence-electron chi connectivity index (χ1n) is 6.34. The maximum absolute atomic E-state index is 10.9. The molecular formula is C14H19ClO3. The first kappa shape index (κ1) is 13.7. The lowest BCUT2D eigenvalue weighted by atomic mass is 9.87. The summed E-state index contributed by atoms with van der Waals surface area (Å²) in [7, 11) is 0. The summed E-state index contributed by atoms with van der Waals surface area (Å²) in [5, 5.41) is 9.62. The Labute approximate surface area is 113 Å². The molecule has 2 aliphatic carbocycles. The number of halogens is 1. The Hall–Kier alpha value is -0.720. The van der Waals surface area contributed by atoms with Crippen molar-refractivity contribution < 1.29 is 14.6 Å². The third kappa shape index (κ3) is 2.65. The zero-order valence-electron chi connectivity index (χ0n) is 10.9. The van der Waals surface area contributed by atoms with E-state index in [2.05, 4.69) is 11.8 Å². The van der Waals surface area contributed by atoms with E-state index in [4.69, 9.17) is 16.3 Å². The quantitative estimate of drug-likeness (QED) is 0.450. The molecule has 1 N–H and O–H groups in total. The molecule has 2 bridgehead atoms. The summed E-state index contributed by atoms with van der Waals surface area (Å²) < 4.78 is 5.13. The maximum atomic E-state index is 10.9. The predicted molar refractivity (Wildman–Crippen MR) is 69.0 cm³/mol. The van der Waals surface area contributed by atoms with E-state index >= 15 is 0 Å². The van der Waals surface area contributed by atoms with Crippen LogP contribution < -0.4 is 0 Å². The molecule has 0 radical (unpaired) electrons. The molecule has 0 aromatic heterocycles. The van der Waals surface area contributed by atoms with Crippen LogP contribution in [0.5, 0.6) is 0 Å². The summed E-state index contributed by atoms with van der Waals surface area (Å²) in [5.74, 6) is 6.65. The van der Waals surface area contributed by atoms with Crippen molar-refractivity contribution >= 4 is 17.6 Å². The lowest BCUT2D eigenvalue weighted by molar-refractivity contribution is -0.148. The van der Waals surface area contributed by atoms with Crippen LogP contribution in [0.1, 0.15) is 33.6 Å². The van der Waals surface area contributed by atoms with E-state index in [0.717, 1.165) is 12.8 Å². The molecule has 0 spiro atoms. The number of ether oxygens (including phenoxy) is 1. The van der Waals surface area contributed by atoms with E-state index in [9.17, 15) is 9.90 Å². The lowest BCUT2D eigenvalue weighted by Gasteiger charge is -2.26. The van der Waals surface area contributed by atoms with E-state index in [1.165, 1.54) is 6.92 Å². The average molecular weight is 271 g/mol. The highest BCUT2D eigenvalue weighted by atomic mass is 35.5. The van der Waals surface area contributed by atoms with E-state index in [-0.39, 0.29) is 35.2 Å². The van der Waals surface area contributed by atoms with Gasteiger partial charge in [-0.25, -0.2) is 0 Å². The normalized spacial score (nSPS) is 38.2. The molecule has 0 saturated heterocycles. The SMILES string of the molecule is CC(=O)OC(C)(C)C#CC1CC2CC1C(Cl)C2O. The van der Waals surface area contributed by atoms with E-state index in [1.807, 2.05) is 0 Å². The first-order chi connectivity index (χ1) is 8.30. The number of hydrogen-bond donors (Lipinski definition) is 1. The molecule has 3 nitrogen and oxygen atoms in total. The third-order valence-electron chi connectivity index (χ3n) is 3.82.